The van der Waals surface area contributed by atoms with Gasteiger partial charge in [0.15, 0.2) is 5.96 Å². The third kappa shape index (κ3) is 5.71. The molecule has 2 rings (SSSR count). The van der Waals surface area contributed by atoms with Gasteiger partial charge in [-0.3, -0.25) is 4.99 Å². The predicted molar refractivity (Wildman–Crippen MR) is 94.4 cm³/mol. The molecule has 1 aromatic rings. The highest BCUT2D eigenvalue weighted by Gasteiger charge is 2.18. The van der Waals surface area contributed by atoms with Crippen molar-refractivity contribution in [1.82, 2.24) is 10.2 Å². The molecular formula is C17H28FN5. The Labute approximate surface area is 138 Å². The normalized spacial score (nSPS) is 16.8. The van der Waals surface area contributed by atoms with Crippen LogP contribution >= 0.6 is 0 Å². The molecular weight excluding hydrogens is 293 g/mol. The van der Waals surface area contributed by atoms with Crippen molar-refractivity contribution < 1.29 is 4.39 Å². The minimum atomic E-state index is -0.201. The van der Waals surface area contributed by atoms with Crippen molar-refractivity contribution in [3.8, 4) is 0 Å². The molecule has 0 radical (unpaired) electrons. The summed E-state index contributed by atoms with van der Waals surface area (Å²) in [6.07, 6.45) is 0. The molecule has 0 aromatic heterocycles. The highest BCUT2D eigenvalue weighted by atomic mass is 19.1. The molecule has 0 atom stereocenters. The number of piperazine rings is 1. The molecule has 5 nitrogen and oxygen atoms in total. The lowest BCUT2D eigenvalue weighted by Crippen LogP contribution is -2.51. The van der Waals surface area contributed by atoms with Crippen molar-refractivity contribution in [3.05, 3.63) is 30.1 Å². The minimum absolute atomic E-state index is 0.102. The van der Waals surface area contributed by atoms with E-state index in [0.717, 1.165) is 38.4 Å². The Morgan fingerprint density at radius 2 is 1.78 bits per heavy atom. The second-order valence-electron chi connectivity index (χ2n) is 6.87. The van der Waals surface area contributed by atoms with Gasteiger partial charge in [0.2, 0.25) is 0 Å². The summed E-state index contributed by atoms with van der Waals surface area (Å²) in [4.78, 5) is 8.80. The van der Waals surface area contributed by atoms with Gasteiger partial charge >= 0.3 is 0 Å². The standard InChI is InChI=1S/C17H28FN5/c1-17(2,3)21-9-8-20-16(19)23-12-10-22(11-13-23)15-6-4-14(18)5-7-15/h4-7,21H,8-13H2,1-3H3,(H2,19,20). The van der Waals surface area contributed by atoms with Gasteiger partial charge in [0, 0.05) is 44.0 Å². The first-order valence-corrected chi connectivity index (χ1v) is 8.15. The lowest BCUT2D eigenvalue weighted by molar-refractivity contribution is 0.379. The summed E-state index contributed by atoms with van der Waals surface area (Å²) in [5.41, 5.74) is 7.24. The number of halogens is 1. The molecule has 1 aromatic carbocycles. The van der Waals surface area contributed by atoms with Crippen LogP contribution in [0.15, 0.2) is 29.3 Å². The first-order chi connectivity index (χ1) is 10.8. The van der Waals surface area contributed by atoms with Crippen LogP contribution in [0.1, 0.15) is 20.8 Å². The average molecular weight is 321 g/mol. The van der Waals surface area contributed by atoms with Crippen molar-refractivity contribution in [2.24, 2.45) is 10.7 Å². The summed E-state index contributed by atoms with van der Waals surface area (Å²) in [7, 11) is 0. The molecule has 1 aliphatic rings. The minimum Gasteiger partial charge on any atom is -0.370 e. The fraction of sp³-hybridized carbons (Fsp3) is 0.588. The molecule has 1 saturated heterocycles. The van der Waals surface area contributed by atoms with Crippen LogP contribution in [-0.4, -0.2) is 55.7 Å². The second-order valence-corrected chi connectivity index (χ2v) is 6.87. The summed E-state index contributed by atoms with van der Waals surface area (Å²) in [6.45, 7) is 11.3. The van der Waals surface area contributed by atoms with Crippen LogP contribution in [-0.2, 0) is 0 Å². The third-order valence-electron chi connectivity index (χ3n) is 3.84. The van der Waals surface area contributed by atoms with Crippen LogP contribution in [0.5, 0.6) is 0 Å². The first kappa shape index (κ1) is 17.5. The maximum atomic E-state index is 13.0. The zero-order chi connectivity index (χ0) is 16.9. The molecule has 3 N–H and O–H groups in total. The number of guanidine groups is 1. The van der Waals surface area contributed by atoms with Gasteiger partial charge in [0.1, 0.15) is 5.82 Å². The highest BCUT2D eigenvalue weighted by molar-refractivity contribution is 5.78. The van der Waals surface area contributed by atoms with Crippen molar-refractivity contribution in [2.45, 2.75) is 26.3 Å². The van der Waals surface area contributed by atoms with Gasteiger partial charge < -0.3 is 20.9 Å². The number of nitrogens with one attached hydrogen (secondary N) is 1. The van der Waals surface area contributed by atoms with E-state index in [-0.39, 0.29) is 11.4 Å². The van der Waals surface area contributed by atoms with E-state index in [4.69, 9.17) is 5.73 Å². The Morgan fingerprint density at radius 1 is 1.17 bits per heavy atom. The van der Waals surface area contributed by atoms with Gasteiger partial charge in [-0.25, -0.2) is 4.39 Å². The Hall–Kier alpha value is -1.82. The van der Waals surface area contributed by atoms with Crippen molar-refractivity contribution in [2.75, 3.05) is 44.2 Å². The average Bonchev–Trinajstić information content (AvgIpc) is 2.51. The van der Waals surface area contributed by atoms with Gasteiger partial charge in [-0.1, -0.05) is 0 Å². The number of nitrogens with zero attached hydrogens (tertiary/aromatic N) is 3. The maximum Gasteiger partial charge on any atom is 0.191 e. The zero-order valence-corrected chi connectivity index (χ0v) is 14.3. The molecule has 23 heavy (non-hydrogen) atoms. The highest BCUT2D eigenvalue weighted by Crippen LogP contribution is 2.16. The molecule has 1 heterocycles. The molecule has 0 amide bonds. The van der Waals surface area contributed by atoms with Crippen LogP contribution in [0.25, 0.3) is 0 Å². The van der Waals surface area contributed by atoms with E-state index in [9.17, 15) is 4.39 Å². The lowest BCUT2D eigenvalue weighted by atomic mass is 10.1. The number of hydrogen-bond donors (Lipinski definition) is 2. The largest absolute Gasteiger partial charge is 0.370 e. The number of nitrogens with two attached hydrogens (primary N) is 1. The van der Waals surface area contributed by atoms with E-state index in [0.29, 0.717) is 12.5 Å². The van der Waals surface area contributed by atoms with E-state index >= 15 is 0 Å². The number of hydrogen-bond acceptors (Lipinski definition) is 3. The molecule has 0 unspecified atom stereocenters. The Kier molecular flexibility index (Phi) is 5.82. The number of rotatable bonds is 4. The SMILES string of the molecule is CC(C)(C)NCCN=C(N)N1CCN(c2ccc(F)cc2)CC1. The van der Waals surface area contributed by atoms with Crippen LogP contribution in [0.2, 0.25) is 0 Å². The van der Waals surface area contributed by atoms with Gasteiger partial charge in [-0.2, -0.15) is 0 Å². The molecule has 6 heteroatoms. The number of benzene rings is 1. The topological polar surface area (TPSA) is 56.9 Å². The molecule has 1 fully saturated rings. The van der Waals surface area contributed by atoms with Crippen LogP contribution in [0.3, 0.4) is 0 Å². The monoisotopic (exact) mass is 321 g/mol. The van der Waals surface area contributed by atoms with E-state index < -0.39 is 0 Å². The summed E-state index contributed by atoms with van der Waals surface area (Å²) < 4.78 is 13.0. The fourth-order valence-electron chi connectivity index (χ4n) is 2.55. The summed E-state index contributed by atoms with van der Waals surface area (Å²) in [6, 6.07) is 6.64. The third-order valence-corrected chi connectivity index (χ3v) is 3.84. The molecule has 1 aliphatic heterocycles. The first-order valence-electron chi connectivity index (χ1n) is 8.15. The summed E-state index contributed by atoms with van der Waals surface area (Å²) >= 11 is 0. The number of anilines is 1. The van der Waals surface area contributed by atoms with Crippen LogP contribution in [0.4, 0.5) is 10.1 Å². The maximum absolute atomic E-state index is 13.0. The van der Waals surface area contributed by atoms with Gasteiger partial charge in [0.25, 0.3) is 0 Å². The van der Waals surface area contributed by atoms with Crippen LogP contribution in [0, 0.1) is 5.82 Å². The molecule has 0 bridgehead atoms. The second kappa shape index (κ2) is 7.64. The van der Waals surface area contributed by atoms with Crippen LogP contribution < -0.4 is 16.0 Å². The van der Waals surface area contributed by atoms with Crippen molar-refractivity contribution >= 4 is 11.6 Å². The predicted octanol–water partition coefficient (Wildman–Crippen LogP) is 1.65. The Morgan fingerprint density at radius 3 is 2.35 bits per heavy atom. The van der Waals surface area contributed by atoms with E-state index in [2.05, 4.69) is 40.9 Å². The Balaban J connectivity index is 1.78. The van der Waals surface area contributed by atoms with Crippen molar-refractivity contribution in [1.29, 1.82) is 0 Å². The summed E-state index contributed by atoms with van der Waals surface area (Å²) in [5, 5.41) is 3.39. The van der Waals surface area contributed by atoms with Gasteiger partial charge in [-0.15, -0.1) is 0 Å². The zero-order valence-electron chi connectivity index (χ0n) is 14.3. The molecule has 0 aliphatic carbocycles. The molecule has 0 spiro atoms. The summed E-state index contributed by atoms with van der Waals surface area (Å²) in [5.74, 6) is 0.409. The van der Waals surface area contributed by atoms with Gasteiger partial charge in [0.05, 0.1) is 6.54 Å². The molecule has 0 saturated carbocycles. The quantitative estimate of drug-likeness (QED) is 0.503. The molecule has 128 valence electrons. The Bertz CT molecular complexity index is 513. The lowest BCUT2D eigenvalue weighted by Gasteiger charge is -2.36. The van der Waals surface area contributed by atoms with E-state index in [1.165, 1.54) is 12.1 Å². The van der Waals surface area contributed by atoms with Crippen molar-refractivity contribution in [3.63, 3.8) is 0 Å². The smallest absolute Gasteiger partial charge is 0.191 e. The number of aliphatic imine (C=N–C) groups is 1. The van der Waals surface area contributed by atoms with Gasteiger partial charge in [-0.05, 0) is 45.0 Å². The fourth-order valence-corrected chi connectivity index (χ4v) is 2.55. The van der Waals surface area contributed by atoms with E-state index in [1.54, 1.807) is 0 Å². The van der Waals surface area contributed by atoms with E-state index in [1.807, 2.05) is 12.1 Å².